The predicted octanol–water partition coefficient (Wildman–Crippen LogP) is 1.25. The number of sulfonamides is 1. The van der Waals surface area contributed by atoms with Crippen LogP contribution in [0.2, 0.25) is 0 Å². The zero-order valence-corrected chi connectivity index (χ0v) is 14.6. The molecule has 1 saturated carbocycles. The van der Waals surface area contributed by atoms with Gasteiger partial charge in [-0.05, 0) is 69.3 Å². The zero-order chi connectivity index (χ0) is 17.0. The van der Waals surface area contributed by atoms with Gasteiger partial charge in [-0.1, -0.05) is 6.07 Å². The van der Waals surface area contributed by atoms with Gasteiger partial charge in [0.15, 0.2) is 0 Å². The van der Waals surface area contributed by atoms with E-state index < -0.39 is 10.0 Å². The molecule has 1 heterocycles. The van der Waals surface area contributed by atoms with Gasteiger partial charge in [0.05, 0.1) is 4.90 Å². The lowest BCUT2D eigenvalue weighted by Gasteiger charge is -2.22. The van der Waals surface area contributed by atoms with Gasteiger partial charge in [-0.25, -0.2) is 13.1 Å². The summed E-state index contributed by atoms with van der Waals surface area (Å²) in [7, 11) is -3.53. The molecule has 0 spiro atoms. The van der Waals surface area contributed by atoms with Crippen molar-refractivity contribution in [3.05, 3.63) is 29.8 Å². The third-order valence-corrected chi connectivity index (χ3v) is 6.06. The van der Waals surface area contributed by atoms with Crippen molar-refractivity contribution < 1.29 is 13.2 Å². The van der Waals surface area contributed by atoms with Crippen LogP contribution < -0.4 is 15.4 Å². The third-order valence-electron chi connectivity index (χ3n) is 4.54. The van der Waals surface area contributed by atoms with Crippen LogP contribution in [-0.4, -0.2) is 40.0 Å². The number of hydrogen-bond donors (Lipinski definition) is 3. The molecule has 132 valence electrons. The van der Waals surface area contributed by atoms with E-state index in [9.17, 15) is 13.2 Å². The second kappa shape index (κ2) is 7.63. The van der Waals surface area contributed by atoms with Crippen molar-refractivity contribution in [3.63, 3.8) is 0 Å². The van der Waals surface area contributed by atoms with E-state index in [-0.39, 0.29) is 16.8 Å². The zero-order valence-electron chi connectivity index (χ0n) is 13.8. The van der Waals surface area contributed by atoms with E-state index in [0.29, 0.717) is 18.0 Å². The highest BCUT2D eigenvalue weighted by Crippen LogP contribution is 2.22. The van der Waals surface area contributed by atoms with Crippen LogP contribution in [0.5, 0.6) is 0 Å². The summed E-state index contributed by atoms with van der Waals surface area (Å²) in [5.74, 6) is 0.385. The molecule has 0 bridgehead atoms. The van der Waals surface area contributed by atoms with Crippen LogP contribution in [0.15, 0.2) is 29.2 Å². The molecule has 1 saturated heterocycles. The van der Waals surface area contributed by atoms with Crippen LogP contribution in [0.25, 0.3) is 0 Å². The van der Waals surface area contributed by atoms with E-state index in [1.165, 1.54) is 25.0 Å². The molecule has 1 aliphatic carbocycles. The minimum atomic E-state index is -3.53. The fraction of sp³-hybridized carbons (Fsp3) is 0.588. The molecule has 6 nitrogen and oxygen atoms in total. The van der Waals surface area contributed by atoms with Crippen molar-refractivity contribution in [2.24, 2.45) is 5.92 Å². The lowest BCUT2D eigenvalue weighted by Crippen LogP contribution is -2.33. The first-order chi connectivity index (χ1) is 11.5. The van der Waals surface area contributed by atoms with Gasteiger partial charge in [0.25, 0.3) is 5.91 Å². The number of hydrogen-bond acceptors (Lipinski definition) is 4. The second-order valence-corrected chi connectivity index (χ2v) is 8.39. The summed E-state index contributed by atoms with van der Waals surface area (Å²) < 4.78 is 27.1. The first kappa shape index (κ1) is 17.4. The Labute approximate surface area is 143 Å². The van der Waals surface area contributed by atoms with Crippen molar-refractivity contribution in [1.82, 2.24) is 15.4 Å². The highest BCUT2D eigenvalue weighted by atomic mass is 32.2. The number of carbonyl (C=O) groups excluding carboxylic acids is 1. The largest absolute Gasteiger partial charge is 0.352 e. The van der Waals surface area contributed by atoms with Gasteiger partial charge in [-0.2, -0.15) is 0 Å². The Balaban J connectivity index is 1.55. The molecule has 1 aliphatic heterocycles. The van der Waals surface area contributed by atoms with Crippen LogP contribution in [0.4, 0.5) is 0 Å². The van der Waals surface area contributed by atoms with Crippen LogP contribution in [0.1, 0.15) is 42.5 Å². The predicted molar refractivity (Wildman–Crippen MR) is 92.3 cm³/mol. The minimum absolute atomic E-state index is 0.0524. The number of rotatable bonds is 7. The van der Waals surface area contributed by atoms with E-state index in [4.69, 9.17) is 0 Å². The number of piperidine rings is 1. The Hall–Kier alpha value is -1.44. The Kier molecular flexibility index (Phi) is 5.53. The standard InChI is InChI=1S/C17H25N3O3S/c21-17(19-10-8-13-3-2-9-18-12-13)14-4-1-5-16(11-14)24(22,23)20-15-6-7-15/h1,4-5,11,13,15,18,20H,2-3,6-10,12H2,(H,19,21). The lowest BCUT2D eigenvalue weighted by molar-refractivity contribution is 0.0950. The summed E-state index contributed by atoms with van der Waals surface area (Å²) >= 11 is 0. The number of carbonyl (C=O) groups is 1. The first-order valence-corrected chi connectivity index (χ1v) is 10.1. The Morgan fingerprint density at radius 3 is 2.79 bits per heavy atom. The smallest absolute Gasteiger partial charge is 0.251 e. The molecule has 0 aromatic heterocycles. The summed E-state index contributed by atoms with van der Waals surface area (Å²) in [4.78, 5) is 12.4. The van der Waals surface area contributed by atoms with Crippen molar-refractivity contribution in [1.29, 1.82) is 0 Å². The molecular formula is C17H25N3O3S. The van der Waals surface area contributed by atoms with Crippen molar-refractivity contribution >= 4 is 15.9 Å². The monoisotopic (exact) mass is 351 g/mol. The molecule has 3 rings (SSSR count). The molecule has 2 aliphatic rings. The quantitative estimate of drug-likeness (QED) is 0.690. The van der Waals surface area contributed by atoms with E-state index >= 15 is 0 Å². The normalized spacial score (nSPS) is 21.4. The maximum Gasteiger partial charge on any atom is 0.251 e. The highest BCUT2D eigenvalue weighted by molar-refractivity contribution is 7.89. The van der Waals surface area contributed by atoms with Gasteiger partial charge < -0.3 is 10.6 Å². The molecule has 24 heavy (non-hydrogen) atoms. The molecule has 1 amide bonds. The molecule has 1 unspecified atom stereocenters. The second-order valence-electron chi connectivity index (χ2n) is 6.68. The van der Waals surface area contributed by atoms with Crippen LogP contribution >= 0.6 is 0 Å². The van der Waals surface area contributed by atoms with Crippen LogP contribution in [-0.2, 0) is 10.0 Å². The summed E-state index contributed by atoms with van der Waals surface area (Å²) in [5, 5.41) is 6.26. The maximum atomic E-state index is 12.3. The van der Waals surface area contributed by atoms with E-state index in [2.05, 4.69) is 15.4 Å². The lowest BCUT2D eigenvalue weighted by atomic mass is 9.96. The molecule has 1 atom stereocenters. The summed E-state index contributed by atoms with van der Waals surface area (Å²) in [6.45, 7) is 2.71. The fourth-order valence-corrected chi connectivity index (χ4v) is 4.31. The summed E-state index contributed by atoms with van der Waals surface area (Å²) in [6.07, 6.45) is 5.10. The number of nitrogens with one attached hydrogen (secondary N) is 3. The summed E-state index contributed by atoms with van der Waals surface area (Å²) in [6, 6.07) is 6.28. The van der Waals surface area contributed by atoms with Gasteiger partial charge >= 0.3 is 0 Å². The summed E-state index contributed by atoms with van der Waals surface area (Å²) in [5.41, 5.74) is 0.385. The van der Waals surface area contributed by atoms with Gasteiger partial charge in [0.2, 0.25) is 10.0 Å². The molecule has 3 N–H and O–H groups in total. The van der Waals surface area contributed by atoms with Crippen molar-refractivity contribution in [2.45, 2.75) is 43.0 Å². The number of benzene rings is 1. The third kappa shape index (κ3) is 4.78. The van der Waals surface area contributed by atoms with Crippen molar-refractivity contribution in [2.75, 3.05) is 19.6 Å². The van der Waals surface area contributed by atoms with Gasteiger partial charge in [0, 0.05) is 18.2 Å². The molecule has 0 radical (unpaired) electrons. The molecule has 7 heteroatoms. The minimum Gasteiger partial charge on any atom is -0.352 e. The first-order valence-electron chi connectivity index (χ1n) is 8.66. The molecule has 2 fully saturated rings. The van der Waals surface area contributed by atoms with Gasteiger partial charge in [-0.15, -0.1) is 0 Å². The molecule has 1 aromatic rings. The SMILES string of the molecule is O=C(NCCC1CCCNC1)c1cccc(S(=O)(=O)NC2CC2)c1. The highest BCUT2D eigenvalue weighted by Gasteiger charge is 2.28. The average Bonchev–Trinajstić information content (AvgIpc) is 3.39. The molecule has 1 aromatic carbocycles. The maximum absolute atomic E-state index is 12.3. The average molecular weight is 351 g/mol. The Bertz CT molecular complexity index is 680. The van der Waals surface area contributed by atoms with Crippen LogP contribution in [0.3, 0.4) is 0 Å². The van der Waals surface area contributed by atoms with E-state index in [1.807, 2.05) is 0 Å². The molecular weight excluding hydrogens is 326 g/mol. The number of amides is 1. The van der Waals surface area contributed by atoms with Crippen molar-refractivity contribution in [3.8, 4) is 0 Å². The Morgan fingerprint density at radius 1 is 1.25 bits per heavy atom. The van der Waals surface area contributed by atoms with E-state index in [1.54, 1.807) is 12.1 Å². The van der Waals surface area contributed by atoms with Gasteiger partial charge in [-0.3, -0.25) is 4.79 Å². The van der Waals surface area contributed by atoms with Crippen LogP contribution in [0, 0.1) is 5.92 Å². The fourth-order valence-electron chi connectivity index (χ4n) is 2.96. The Morgan fingerprint density at radius 2 is 2.08 bits per heavy atom. The van der Waals surface area contributed by atoms with Gasteiger partial charge in [0.1, 0.15) is 0 Å². The topological polar surface area (TPSA) is 87.3 Å². The van der Waals surface area contributed by atoms with E-state index in [0.717, 1.165) is 32.4 Å².